The molecule has 2 aromatic rings. The predicted molar refractivity (Wildman–Crippen MR) is 68.7 cm³/mol. The summed E-state index contributed by atoms with van der Waals surface area (Å²) in [4.78, 5) is 16.5. The third-order valence-electron chi connectivity index (χ3n) is 3.18. The largest absolute Gasteiger partial charge is 0.378 e. The third-order valence-corrected chi connectivity index (χ3v) is 3.18. The second-order valence-electron chi connectivity index (χ2n) is 4.35. The van der Waals surface area contributed by atoms with Crippen molar-refractivity contribution < 1.29 is 9.53 Å². The van der Waals surface area contributed by atoms with Crippen LogP contribution >= 0.6 is 0 Å². The average Bonchev–Trinajstić information content (AvgIpc) is 2.47. The molecular weight excluding hydrogens is 228 g/mol. The molecule has 1 aliphatic rings. The number of ether oxygens (including phenoxy) is 1. The SMILES string of the molecule is O=C(c1cccc2cnccc12)C1COCCN1. The molecule has 1 unspecified atom stereocenters. The number of pyridine rings is 1. The molecule has 4 nitrogen and oxygen atoms in total. The monoisotopic (exact) mass is 242 g/mol. The zero-order valence-corrected chi connectivity index (χ0v) is 9.93. The first-order valence-electron chi connectivity index (χ1n) is 6.04. The molecule has 4 heteroatoms. The van der Waals surface area contributed by atoms with Gasteiger partial charge in [0.25, 0.3) is 0 Å². The lowest BCUT2D eigenvalue weighted by Crippen LogP contribution is -2.46. The Hall–Kier alpha value is -1.78. The summed E-state index contributed by atoms with van der Waals surface area (Å²) in [5.41, 5.74) is 0.734. The summed E-state index contributed by atoms with van der Waals surface area (Å²) in [5, 5.41) is 5.13. The second kappa shape index (κ2) is 4.84. The number of carbonyl (C=O) groups excluding carboxylic acids is 1. The third kappa shape index (κ3) is 2.00. The van der Waals surface area contributed by atoms with Crippen molar-refractivity contribution in [2.75, 3.05) is 19.8 Å². The van der Waals surface area contributed by atoms with E-state index < -0.39 is 0 Å². The number of Topliss-reactive ketones (excluding diaryl/α,β-unsaturated/α-hetero) is 1. The predicted octanol–water partition coefficient (Wildman–Crippen LogP) is 1.41. The van der Waals surface area contributed by atoms with E-state index in [1.54, 1.807) is 12.4 Å². The smallest absolute Gasteiger partial charge is 0.182 e. The number of morpholine rings is 1. The van der Waals surface area contributed by atoms with E-state index in [1.165, 1.54) is 0 Å². The summed E-state index contributed by atoms with van der Waals surface area (Å²) in [5.74, 6) is 0.0894. The molecule has 0 bridgehead atoms. The van der Waals surface area contributed by atoms with Gasteiger partial charge >= 0.3 is 0 Å². The summed E-state index contributed by atoms with van der Waals surface area (Å²) in [6.07, 6.45) is 3.49. The number of benzene rings is 1. The number of carbonyl (C=O) groups is 1. The van der Waals surface area contributed by atoms with Gasteiger partial charge in [0.05, 0.1) is 19.3 Å². The molecule has 1 aromatic heterocycles. The highest BCUT2D eigenvalue weighted by atomic mass is 16.5. The lowest BCUT2D eigenvalue weighted by molar-refractivity contribution is 0.0609. The van der Waals surface area contributed by atoms with E-state index in [0.717, 1.165) is 22.9 Å². The van der Waals surface area contributed by atoms with Crippen LogP contribution in [0.5, 0.6) is 0 Å². The quantitative estimate of drug-likeness (QED) is 0.809. The van der Waals surface area contributed by atoms with Crippen LogP contribution in [0, 0.1) is 0 Å². The molecule has 18 heavy (non-hydrogen) atoms. The lowest BCUT2D eigenvalue weighted by Gasteiger charge is -2.23. The van der Waals surface area contributed by atoms with Gasteiger partial charge in [-0.3, -0.25) is 9.78 Å². The standard InChI is InChI=1S/C14H14N2O2/c17-14(13-9-18-7-6-16-13)12-3-1-2-10-8-15-5-4-11(10)12/h1-5,8,13,16H,6-7,9H2. The summed E-state index contributed by atoms with van der Waals surface area (Å²) in [6, 6.07) is 7.36. The van der Waals surface area contributed by atoms with Crippen LogP contribution < -0.4 is 5.32 Å². The molecule has 1 atom stereocenters. The Balaban J connectivity index is 2.00. The topological polar surface area (TPSA) is 51.2 Å². The van der Waals surface area contributed by atoms with E-state index in [1.807, 2.05) is 24.3 Å². The first-order chi connectivity index (χ1) is 8.86. The molecule has 3 rings (SSSR count). The molecule has 0 saturated carbocycles. The molecule has 1 aliphatic heterocycles. The molecule has 0 aliphatic carbocycles. The first-order valence-corrected chi connectivity index (χ1v) is 6.04. The summed E-state index contributed by atoms with van der Waals surface area (Å²) < 4.78 is 5.34. The van der Waals surface area contributed by atoms with E-state index in [9.17, 15) is 4.79 Å². The van der Waals surface area contributed by atoms with Gasteiger partial charge in [0.15, 0.2) is 5.78 Å². The minimum absolute atomic E-state index is 0.0894. The van der Waals surface area contributed by atoms with Gasteiger partial charge in [-0.15, -0.1) is 0 Å². The van der Waals surface area contributed by atoms with Gasteiger partial charge in [0, 0.05) is 29.9 Å². The Morgan fingerprint density at radius 1 is 1.39 bits per heavy atom. The highest BCUT2D eigenvalue weighted by Gasteiger charge is 2.23. The number of nitrogens with zero attached hydrogens (tertiary/aromatic N) is 1. The van der Waals surface area contributed by atoms with Crippen LogP contribution in [0.3, 0.4) is 0 Å². The summed E-state index contributed by atoms with van der Waals surface area (Å²) >= 11 is 0. The Labute approximate surface area is 105 Å². The number of fused-ring (bicyclic) bond motifs is 1. The number of ketones is 1. The van der Waals surface area contributed by atoms with Gasteiger partial charge < -0.3 is 10.1 Å². The minimum atomic E-state index is -0.238. The lowest BCUT2D eigenvalue weighted by atomic mass is 9.98. The van der Waals surface area contributed by atoms with Crippen molar-refractivity contribution in [3.8, 4) is 0 Å². The van der Waals surface area contributed by atoms with Crippen molar-refractivity contribution in [1.29, 1.82) is 0 Å². The molecule has 1 fully saturated rings. The molecular formula is C14H14N2O2. The van der Waals surface area contributed by atoms with Crippen molar-refractivity contribution in [1.82, 2.24) is 10.3 Å². The fraction of sp³-hybridized carbons (Fsp3) is 0.286. The van der Waals surface area contributed by atoms with Crippen LogP contribution in [0.25, 0.3) is 10.8 Å². The van der Waals surface area contributed by atoms with Crippen LogP contribution in [-0.4, -0.2) is 36.6 Å². The maximum Gasteiger partial charge on any atom is 0.182 e. The maximum absolute atomic E-state index is 12.5. The van der Waals surface area contributed by atoms with Crippen LogP contribution in [-0.2, 0) is 4.74 Å². The fourth-order valence-corrected chi connectivity index (χ4v) is 2.26. The Morgan fingerprint density at radius 2 is 2.33 bits per heavy atom. The van der Waals surface area contributed by atoms with Crippen molar-refractivity contribution in [3.63, 3.8) is 0 Å². The van der Waals surface area contributed by atoms with E-state index in [2.05, 4.69) is 10.3 Å². The number of hydrogen-bond donors (Lipinski definition) is 1. The fourth-order valence-electron chi connectivity index (χ4n) is 2.26. The van der Waals surface area contributed by atoms with Crippen LogP contribution in [0.2, 0.25) is 0 Å². The van der Waals surface area contributed by atoms with Gasteiger partial charge in [0.2, 0.25) is 0 Å². The van der Waals surface area contributed by atoms with Crippen molar-refractivity contribution in [3.05, 3.63) is 42.2 Å². The van der Waals surface area contributed by atoms with Gasteiger partial charge in [-0.25, -0.2) is 0 Å². The molecule has 0 amide bonds. The summed E-state index contributed by atoms with van der Waals surface area (Å²) in [6.45, 7) is 1.84. The first kappa shape index (κ1) is 11.3. The van der Waals surface area contributed by atoms with Crippen LogP contribution in [0.1, 0.15) is 10.4 Å². The highest BCUT2D eigenvalue weighted by Crippen LogP contribution is 2.19. The normalized spacial score (nSPS) is 19.9. The van der Waals surface area contributed by atoms with E-state index in [0.29, 0.717) is 13.2 Å². The minimum Gasteiger partial charge on any atom is -0.378 e. The highest BCUT2D eigenvalue weighted by molar-refractivity contribution is 6.10. The molecule has 1 saturated heterocycles. The van der Waals surface area contributed by atoms with Gasteiger partial charge in [-0.1, -0.05) is 18.2 Å². The number of aromatic nitrogens is 1. The molecule has 0 spiro atoms. The number of rotatable bonds is 2. The second-order valence-corrected chi connectivity index (χ2v) is 4.35. The van der Waals surface area contributed by atoms with Crippen molar-refractivity contribution in [2.45, 2.75) is 6.04 Å². The van der Waals surface area contributed by atoms with Crippen molar-refractivity contribution in [2.24, 2.45) is 0 Å². The van der Waals surface area contributed by atoms with Gasteiger partial charge in [-0.2, -0.15) is 0 Å². The van der Waals surface area contributed by atoms with Crippen LogP contribution in [0.4, 0.5) is 0 Å². The Morgan fingerprint density at radius 3 is 3.17 bits per heavy atom. The van der Waals surface area contributed by atoms with Crippen LogP contribution in [0.15, 0.2) is 36.7 Å². The van der Waals surface area contributed by atoms with Gasteiger partial charge in [-0.05, 0) is 11.5 Å². The number of nitrogens with one attached hydrogen (secondary N) is 1. The summed E-state index contributed by atoms with van der Waals surface area (Å²) in [7, 11) is 0. The molecule has 1 N–H and O–H groups in total. The van der Waals surface area contributed by atoms with E-state index in [4.69, 9.17) is 4.74 Å². The van der Waals surface area contributed by atoms with E-state index >= 15 is 0 Å². The van der Waals surface area contributed by atoms with Crippen molar-refractivity contribution >= 4 is 16.6 Å². The zero-order valence-electron chi connectivity index (χ0n) is 9.93. The molecule has 0 radical (unpaired) electrons. The molecule has 1 aromatic carbocycles. The van der Waals surface area contributed by atoms with Gasteiger partial charge in [0.1, 0.15) is 0 Å². The zero-order chi connectivity index (χ0) is 12.4. The molecule has 92 valence electrons. The Bertz CT molecular complexity index is 572. The van der Waals surface area contributed by atoms with E-state index in [-0.39, 0.29) is 11.8 Å². The molecule has 2 heterocycles. The maximum atomic E-state index is 12.5. The Kier molecular flexibility index (Phi) is 3.04. The average molecular weight is 242 g/mol. The number of hydrogen-bond acceptors (Lipinski definition) is 4.